The first-order valence-corrected chi connectivity index (χ1v) is 7.18. The van der Waals surface area contributed by atoms with Gasteiger partial charge in [0.2, 0.25) is 5.91 Å². The highest BCUT2D eigenvalue weighted by atomic mass is 19.1. The van der Waals surface area contributed by atoms with Crippen LogP contribution in [0.25, 0.3) is 0 Å². The topological polar surface area (TPSA) is 58.4 Å². The standard InChI is InChI=1S/C15H21F2N3O/c1-10-4-5-20(12(6-10)8-18)9-15(21)19-14-3-2-11(16)7-13(14)17/h2-3,7,10,12H,4-6,8-9,18H2,1H3,(H,19,21). The van der Waals surface area contributed by atoms with E-state index in [-0.39, 0.29) is 24.2 Å². The molecule has 116 valence electrons. The molecule has 1 heterocycles. The van der Waals surface area contributed by atoms with Crippen LogP contribution in [0.2, 0.25) is 0 Å². The molecule has 2 rings (SSSR count). The molecular weight excluding hydrogens is 276 g/mol. The Morgan fingerprint density at radius 2 is 2.24 bits per heavy atom. The van der Waals surface area contributed by atoms with E-state index in [4.69, 9.17) is 5.73 Å². The van der Waals surface area contributed by atoms with E-state index in [1.807, 2.05) is 4.90 Å². The van der Waals surface area contributed by atoms with Gasteiger partial charge in [-0.3, -0.25) is 9.69 Å². The zero-order valence-corrected chi connectivity index (χ0v) is 12.1. The summed E-state index contributed by atoms with van der Waals surface area (Å²) in [6.45, 7) is 3.66. The van der Waals surface area contributed by atoms with Crippen LogP contribution < -0.4 is 11.1 Å². The van der Waals surface area contributed by atoms with E-state index in [0.717, 1.165) is 31.5 Å². The number of benzene rings is 1. The quantitative estimate of drug-likeness (QED) is 0.893. The van der Waals surface area contributed by atoms with Gasteiger partial charge >= 0.3 is 0 Å². The monoisotopic (exact) mass is 297 g/mol. The van der Waals surface area contributed by atoms with Crippen molar-refractivity contribution in [3.8, 4) is 0 Å². The molecule has 1 aliphatic heterocycles. The lowest BCUT2D eigenvalue weighted by Crippen LogP contribution is -2.49. The molecule has 1 fully saturated rings. The van der Waals surface area contributed by atoms with Crippen LogP contribution in [-0.2, 0) is 4.79 Å². The van der Waals surface area contributed by atoms with E-state index in [2.05, 4.69) is 12.2 Å². The zero-order chi connectivity index (χ0) is 15.4. The fourth-order valence-electron chi connectivity index (χ4n) is 2.72. The lowest BCUT2D eigenvalue weighted by molar-refractivity contribution is -0.118. The second kappa shape index (κ2) is 6.95. The minimum Gasteiger partial charge on any atom is -0.329 e. The van der Waals surface area contributed by atoms with Gasteiger partial charge in [-0.2, -0.15) is 0 Å². The molecule has 2 atom stereocenters. The first-order chi connectivity index (χ1) is 9.99. The minimum absolute atomic E-state index is 0.00363. The van der Waals surface area contributed by atoms with Crippen molar-refractivity contribution in [2.45, 2.75) is 25.8 Å². The number of nitrogens with one attached hydrogen (secondary N) is 1. The van der Waals surface area contributed by atoms with Crippen molar-refractivity contribution in [3.63, 3.8) is 0 Å². The molecule has 2 unspecified atom stereocenters. The maximum Gasteiger partial charge on any atom is 0.238 e. The third-order valence-electron chi connectivity index (χ3n) is 3.92. The Labute approximate surface area is 123 Å². The number of carbonyl (C=O) groups is 1. The fourth-order valence-corrected chi connectivity index (χ4v) is 2.72. The number of nitrogens with two attached hydrogens (primary N) is 1. The summed E-state index contributed by atoms with van der Waals surface area (Å²) >= 11 is 0. The van der Waals surface area contributed by atoms with Gasteiger partial charge in [0.15, 0.2) is 0 Å². The van der Waals surface area contributed by atoms with Gasteiger partial charge < -0.3 is 11.1 Å². The SMILES string of the molecule is CC1CCN(CC(=O)Nc2ccc(F)cc2F)C(CN)C1. The maximum absolute atomic E-state index is 13.5. The first kappa shape index (κ1) is 15.9. The molecule has 1 aliphatic rings. The van der Waals surface area contributed by atoms with Crippen molar-refractivity contribution in [3.05, 3.63) is 29.8 Å². The summed E-state index contributed by atoms with van der Waals surface area (Å²) in [4.78, 5) is 14.0. The van der Waals surface area contributed by atoms with E-state index in [1.165, 1.54) is 6.07 Å². The number of rotatable bonds is 4. The van der Waals surface area contributed by atoms with Crippen LogP contribution in [0.5, 0.6) is 0 Å². The molecule has 0 aliphatic carbocycles. The molecule has 1 amide bonds. The predicted molar refractivity (Wildman–Crippen MR) is 77.8 cm³/mol. The number of nitrogens with zero attached hydrogens (tertiary/aromatic N) is 1. The van der Waals surface area contributed by atoms with Crippen molar-refractivity contribution in [1.82, 2.24) is 4.90 Å². The van der Waals surface area contributed by atoms with Gasteiger partial charge in [-0.25, -0.2) is 8.78 Å². The van der Waals surface area contributed by atoms with E-state index < -0.39 is 11.6 Å². The van der Waals surface area contributed by atoms with Gasteiger partial charge in [0.1, 0.15) is 11.6 Å². The summed E-state index contributed by atoms with van der Waals surface area (Å²) in [5.74, 6) is -1.15. The highest BCUT2D eigenvalue weighted by Gasteiger charge is 2.26. The fraction of sp³-hybridized carbons (Fsp3) is 0.533. The van der Waals surface area contributed by atoms with Crippen molar-refractivity contribution >= 4 is 11.6 Å². The Morgan fingerprint density at radius 3 is 2.90 bits per heavy atom. The molecule has 4 nitrogen and oxygen atoms in total. The Morgan fingerprint density at radius 1 is 1.48 bits per heavy atom. The lowest BCUT2D eigenvalue weighted by atomic mass is 9.92. The van der Waals surface area contributed by atoms with Crippen molar-refractivity contribution in [1.29, 1.82) is 0 Å². The number of halogens is 2. The van der Waals surface area contributed by atoms with Crippen LogP contribution in [-0.4, -0.2) is 36.5 Å². The molecule has 0 bridgehead atoms. The van der Waals surface area contributed by atoms with E-state index in [9.17, 15) is 13.6 Å². The molecule has 1 saturated heterocycles. The highest BCUT2D eigenvalue weighted by Crippen LogP contribution is 2.22. The number of amides is 1. The maximum atomic E-state index is 13.5. The average Bonchev–Trinajstić information content (AvgIpc) is 2.44. The number of carbonyl (C=O) groups excluding carboxylic acids is 1. The summed E-state index contributed by atoms with van der Waals surface area (Å²) in [5.41, 5.74) is 5.75. The molecule has 1 aromatic rings. The molecule has 0 spiro atoms. The predicted octanol–water partition coefficient (Wildman–Crippen LogP) is 1.96. The smallest absolute Gasteiger partial charge is 0.238 e. The van der Waals surface area contributed by atoms with Gasteiger partial charge in [0, 0.05) is 18.7 Å². The summed E-state index contributed by atoms with van der Waals surface area (Å²) < 4.78 is 26.3. The zero-order valence-electron chi connectivity index (χ0n) is 12.1. The van der Waals surface area contributed by atoms with Crippen LogP contribution in [0.1, 0.15) is 19.8 Å². The van der Waals surface area contributed by atoms with Crippen LogP contribution in [0.15, 0.2) is 18.2 Å². The molecule has 1 aromatic carbocycles. The highest BCUT2D eigenvalue weighted by molar-refractivity contribution is 5.92. The third kappa shape index (κ3) is 4.22. The lowest BCUT2D eigenvalue weighted by Gasteiger charge is -2.37. The number of hydrogen-bond donors (Lipinski definition) is 2. The van der Waals surface area contributed by atoms with Gasteiger partial charge in [0.05, 0.1) is 12.2 Å². The Kier molecular flexibility index (Phi) is 5.25. The molecule has 6 heteroatoms. The van der Waals surface area contributed by atoms with Crippen LogP contribution in [0, 0.1) is 17.6 Å². The Balaban J connectivity index is 1.94. The summed E-state index contributed by atoms with van der Waals surface area (Å²) in [6, 6.07) is 3.27. The largest absolute Gasteiger partial charge is 0.329 e. The van der Waals surface area contributed by atoms with Gasteiger partial charge in [-0.1, -0.05) is 6.92 Å². The average molecular weight is 297 g/mol. The van der Waals surface area contributed by atoms with Crippen LogP contribution in [0.3, 0.4) is 0 Å². The molecule has 3 N–H and O–H groups in total. The number of likely N-dealkylation sites (tertiary alicyclic amines) is 1. The van der Waals surface area contributed by atoms with E-state index >= 15 is 0 Å². The van der Waals surface area contributed by atoms with Crippen LogP contribution in [0.4, 0.5) is 14.5 Å². The van der Waals surface area contributed by atoms with Gasteiger partial charge in [0.25, 0.3) is 0 Å². The second-order valence-corrected chi connectivity index (χ2v) is 5.66. The minimum atomic E-state index is -0.772. The molecular formula is C15H21F2N3O. The van der Waals surface area contributed by atoms with Crippen molar-refractivity contribution in [2.75, 3.05) is 25.0 Å². The molecule has 0 radical (unpaired) electrons. The Bertz CT molecular complexity index is 510. The molecule has 21 heavy (non-hydrogen) atoms. The summed E-state index contributed by atoms with van der Waals surface area (Å²) in [5, 5.41) is 2.48. The van der Waals surface area contributed by atoms with Crippen LogP contribution >= 0.6 is 0 Å². The van der Waals surface area contributed by atoms with Crippen molar-refractivity contribution in [2.24, 2.45) is 11.7 Å². The molecule has 0 saturated carbocycles. The number of anilines is 1. The van der Waals surface area contributed by atoms with Gasteiger partial charge in [-0.05, 0) is 37.4 Å². The Hall–Kier alpha value is -1.53. The van der Waals surface area contributed by atoms with Crippen molar-refractivity contribution < 1.29 is 13.6 Å². The number of piperidine rings is 1. The van der Waals surface area contributed by atoms with Gasteiger partial charge in [-0.15, -0.1) is 0 Å². The summed E-state index contributed by atoms with van der Waals surface area (Å²) in [6.07, 6.45) is 1.99. The first-order valence-electron chi connectivity index (χ1n) is 7.18. The number of hydrogen-bond acceptors (Lipinski definition) is 3. The molecule has 0 aromatic heterocycles. The van der Waals surface area contributed by atoms with E-state index in [1.54, 1.807) is 0 Å². The van der Waals surface area contributed by atoms with E-state index in [0.29, 0.717) is 12.5 Å². The third-order valence-corrected chi connectivity index (χ3v) is 3.92. The second-order valence-electron chi connectivity index (χ2n) is 5.66. The summed E-state index contributed by atoms with van der Waals surface area (Å²) in [7, 11) is 0. The normalized spacial score (nSPS) is 23.0.